The van der Waals surface area contributed by atoms with Gasteiger partial charge in [-0.25, -0.2) is 18.7 Å². The van der Waals surface area contributed by atoms with Crippen molar-refractivity contribution in [2.45, 2.75) is 115 Å². The van der Waals surface area contributed by atoms with Gasteiger partial charge in [0.1, 0.15) is 42.7 Å². The van der Waals surface area contributed by atoms with Gasteiger partial charge in [0, 0.05) is 12.4 Å². The minimum atomic E-state index is -4.98. The summed E-state index contributed by atoms with van der Waals surface area (Å²) in [6.45, 7) is -1.88. The molecule has 12 rings (SSSR count). The zero-order valence-corrected chi connectivity index (χ0v) is 57.5. The number of phosphoric acid groups is 3. The number of hydrogen-bond donors (Lipinski definition) is 0. The molecule has 0 aliphatic carbocycles. The summed E-state index contributed by atoms with van der Waals surface area (Å²) in [5.74, 6) is 0. The van der Waals surface area contributed by atoms with Crippen molar-refractivity contribution in [1.82, 2.24) is 9.55 Å². The molecule has 0 saturated carbocycles. The maximum absolute atomic E-state index is 16.4. The Hall–Kier alpha value is -7.72. The van der Waals surface area contributed by atoms with Crippen LogP contribution in [0.5, 0.6) is 0 Å². The number of phosphoric ester groups is 3. The van der Waals surface area contributed by atoms with E-state index in [9.17, 15) is 0 Å². The highest BCUT2D eigenvalue weighted by Gasteiger charge is 2.58. The molecule has 2 saturated heterocycles. The van der Waals surface area contributed by atoms with Crippen LogP contribution in [-0.4, -0.2) is 71.8 Å². The molecule has 23 heteroatoms. The highest BCUT2D eigenvalue weighted by molar-refractivity contribution is 7.49. The average Bonchev–Trinajstić information content (AvgIpc) is 1.62. The second-order valence-electron chi connectivity index (χ2n) is 23.6. The van der Waals surface area contributed by atoms with Gasteiger partial charge in [-0.3, -0.25) is 40.7 Å². The Morgan fingerprint density at radius 1 is 0.320 bits per heavy atom. The zero-order valence-electron chi connectivity index (χ0n) is 54.8. The molecule has 10 aromatic rings. The van der Waals surface area contributed by atoms with Gasteiger partial charge in [0.15, 0.2) is 12.5 Å². The van der Waals surface area contributed by atoms with E-state index in [0.29, 0.717) is 38.9 Å². The van der Waals surface area contributed by atoms with Crippen LogP contribution >= 0.6 is 23.5 Å². The smallest absolute Gasteiger partial charge is 0.374 e. The molecule has 0 spiro atoms. The molecule has 3 heterocycles. The minimum Gasteiger partial charge on any atom is -0.374 e. The molecule has 100 heavy (non-hydrogen) atoms. The minimum absolute atomic E-state index is 0.0466. The molecule has 2 fully saturated rings. The summed E-state index contributed by atoms with van der Waals surface area (Å²) in [5, 5.41) is 0. The van der Waals surface area contributed by atoms with Gasteiger partial charge in [-0.15, -0.1) is 0 Å². The van der Waals surface area contributed by atoms with Crippen LogP contribution in [0.4, 0.5) is 0 Å². The van der Waals surface area contributed by atoms with Crippen molar-refractivity contribution >= 4 is 23.5 Å². The lowest BCUT2D eigenvalue weighted by Crippen LogP contribution is -2.62. The topological polar surface area (TPSA) is 207 Å². The van der Waals surface area contributed by atoms with Gasteiger partial charge >= 0.3 is 23.5 Å². The average molecular weight is 1410 g/mol. The van der Waals surface area contributed by atoms with E-state index in [4.69, 9.17) is 69.1 Å². The Labute approximate surface area is 582 Å². The first-order valence-electron chi connectivity index (χ1n) is 32.9. The molecule has 520 valence electrons. The predicted molar refractivity (Wildman–Crippen MR) is 372 cm³/mol. The molecule has 1 aromatic heterocycles. The Morgan fingerprint density at radius 3 is 0.930 bits per heavy atom. The largest absolute Gasteiger partial charge is 0.475 e. The van der Waals surface area contributed by atoms with E-state index in [1.54, 1.807) is 41.2 Å². The highest BCUT2D eigenvalue weighted by Crippen LogP contribution is 2.59. The van der Waals surface area contributed by atoms with Crippen molar-refractivity contribution in [2.75, 3.05) is 13.2 Å². The lowest BCUT2D eigenvalue weighted by atomic mass is 9.98. The first kappa shape index (κ1) is 72.1. The fourth-order valence-corrected chi connectivity index (χ4v) is 15.1. The summed E-state index contributed by atoms with van der Waals surface area (Å²) in [6, 6.07) is 83.1. The maximum atomic E-state index is 16.4. The molecule has 9 atom stereocenters. The fourth-order valence-electron chi connectivity index (χ4n) is 11.1. The first-order valence-corrected chi connectivity index (χ1v) is 37.3. The molecule has 20 nitrogen and oxygen atoms in total. The summed E-state index contributed by atoms with van der Waals surface area (Å²) in [4.78, 5) is 4.39. The third kappa shape index (κ3) is 21.4. The SMILES string of the molecule is O=P(OCc1ccccc1)(OCc1ccccc1)O[C@@H]1[C@@H](OCc2ccccc2)[C@@H](O[C@H]2[C@@H](OP(=O)(OCc3ccccc3)OCc3ccccc3)[C@H](n3ccnc3)O[C@@H]2COCc2ccccc2)O[C@H](COCc2ccccc2)[C@H]1OP(=O)(OCc1ccccc1)OCc1ccccc1. The molecule has 2 aliphatic heterocycles. The first-order chi connectivity index (χ1) is 49.1. The molecule has 0 N–H and O–H groups in total. The third-order valence-electron chi connectivity index (χ3n) is 16.2. The monoisotopic (exact) mass is 1410 g/mol. The third-order valence-corrected chi connectivity index (χ3v) is 20.4. The van der Waals surface area contributed by atoms with Crippen LogP contribution in [0.25, 0.3) is 0 Å². The van der Waals surface area contributed by atoms with Crippen LogP contribution in [-0.2, 0) is 142 Å². The summed E-state index contributed by atoms with van der Waals surface area (Å²) in [6.07, 6.45) is -8.57. The molecule has 9 aromatic carbocycles. The molecular formula is C77H79N2O18P3. The van der Waals surface area contributed by atoms with Crippen LogP contribution in [0.2, 0.25) is 0 Å². The van der Waals surface area contributed by atoms with Crippen molar-refractivity contribution in [1.29, 1.82) is 0 Å². The van der Waals surface area contributed by atoms with Crippen LogP contribution in [0.1, 0.15) is 56.3 Å². The molecule has 0 unspecified atom stereocenters. The summed E-state index contributed by atoms with van der Waals surface area (Å²) >= 11 is 0. The van der Waals surface area contributed by atoms with Gasteiger partial charge < -0.3 is 33.0 Å². The normalized spacial score (nSPS) is 20.3. The van der Waals surface area contributed by atoms with Gasteiger partial charge in [-0.05, 0) is 50.1 Å². The van der Waals surface area contributed by atoms with Crippen molar-refractivity contribution in [3.63, 3.8) is 0 Å². The highest BCUT2D eigenvalue weighted by atomic mass is 31.2. The predicted octanol–water partition coefficient (Wildman–Crippen LogP) is 16.7. The standard InChI is InChI=1S/C77H79N2O18P3/c80-98(86-51-63-34-16-4-17-35-63,87-52-64-36-18-5-19-37-64)95-72-70(58-84-49-61-30-12-2-13-31-61)93-77(75(85-50-62-32-14-3-15-33-62)73(72)96-99(81,88-53-65-38-20-6-21-39-65)89-54-66-40-22-7-23-41-66)94-71-69(57-83-48-60-28-10-1-11-29-60)92-76(79-47-46-78-59-79)74(71)97-100(82,90-55-67-42-24-8-25-43-67)91-56-68-44-26-9-27-45-68/h1-47,59,69-77H,48-58H2/t69-,70-,71-,72-,73+,74-,75-,76-,77-/m1/s1. The summed E-state index contributed by atoms with van der Waals surface area (Å²) < 4.78 is 152. The van der Waals surface area contributed by atoms with Crippen molar-refractivity contribution in [2.24, 2.45) is 0 Å². The Morgan fingerprint density at radius 2 is 0.610 bits per heavy atom. The number of hydrogen-bond acceptors (Lipinski definition) is 19. The van der Waals surface area contributed by atoms with Crippen LogP contribution in [0.3, 0.4) is 0 Å². The molecular weight excluding hydrogens is 1330 g/mol. The second-order valence-corrected chi connectivity index (χ2v) is 28.5. The van der Waals surface area contributed by atoms with Crippen molar-refractivity contribution in [3.05, 3.63) is 342 Å². The fraction of sp³-hybridized carbons (Fsp3) is 0.260. The van der Waals surface area contributed by atoms with E-state index in [0.717, 1.165) is 11.1 Å². The van der Waals surface area contributed by atoms with Gasteiger partial charge in [-0.1, -0.05) is 273 Å². The van der Waals surface area contributed by atoms with E-state index < -0.39 is 78.7 Å². The summed E-state index contributed by atoms with van der Waals surface area (Å²) in [7, 11) is -14.6. The number of ether oxygens (including phenoxy) is 6. The Kier molecular flexibility index (Phi) is 26.5. The van der Waals surface area contributed by atoms with Gasteiger partial charge in [0.25, 0.3) is 0 Å². The second kappa shape index (κ2) is 36.8. The molecule has 0 radical (unpaired) electrons. The van der Waals surface area contributed by atoms with Crippen LogP contribution < -0.4 is 0 Å². The lowest BCUT2D eigenvalue weighted by molar-refractivity contribution is -0.325. The molecule has 0 amide bonds. The Bertz CT molecular complexity index is 3980. The van der Waals surface area contributed by atoms with E-state index in [2.05, 4.69) is 4.98 Å². The zero-order chi connectivity index (χ0) is 68.5. The lowest BCUT2D eigenvalue weighted by Gasteiger charge is -2.47. The van der Waals surface area contributed by atoms with E-state index in [1.807, 2.05) is 249 Å². The van der Waals surface area contributed by atoms with Gasteiger partial charge in [0.2, 0.25) is 0 Å². The number of imidazole rings is 1. The number of aromatic nitrogens is 2. The quantitative estimate of drug-likeness (QED) is 0.0330. The number of rotatable bonds is 38. The number of benzene rings is 9. The van der Waals surface area contributed by atoms with E-state index >= 15 is 13.7 Å². The van der Waals surface area contributed by atoms with Crippen molar-refractivity contribution < 1.29 is 82.8 Å². The summed E-state index contributed by atoms with van der Waals surface area (Å²) in [5.41, 5.74) is 6.26. The van der Waals surface area contributed by atoms with Crippen LogP contribution in [0.15, 0.2) is 292 Å². The van der Waals surface area contributed by atoms with Crippen LogP contribution in [0, 0.1) is 0 Å². The number of nitrogens with zero attached hydrogens (tertiary/aromatic N) is 2. The van der Waals surface area contributed by atoms with Crippen molar-refractivity contribution in [3.8, 4) is 0 Å². The van der Waals surface area contributed by atoms with Gasteiger partial charge in [0.05, 0.1) is 79.0 Å². The molecule has 2 aliphatic rings. The van der Waals surface area contributed by atoms with Gasteiger partial charge in [-0.2, -0.15) is 0 Å². The maximum Gasteiger partial charge on any atom is 0.475 e. The Balaban J connectivity index is 1.00. The van der Waals surface area contributed by atoms with E-state index in [-0.39, 0.29) is 72.7 Å². The van der Waals surface area contributed by atoms with E-state index in [1.165, 1.54) is 6.33 Å². The molecule has 0 bridgehead atoms.